The lowest BCUT2D eigenvalue weighted by molar-refractivity contribution is -0.117. The van der Waals surface area contributed by atoms with Crippen molar-refractivity contribution in [3.8, 4) is 0 Å². The van der Waals surface area contributed by atoms with Crippen molar-refractivity contribution >= 4 is 18.2 Å². The molecule has 1 unspecified atom stereocenters. The summed E-state index contributed by atoms with van der Waals surface area (Å²) >= 11 is 0. The maximum absolute atomic E-state index is 10.2. The van der Waals surface area contributed by atoms with Crippen LogP contribution in [0.3, 0.4) is 0 Å². The fourth-order valence-electron chi connectivity index (χ4n) is 0.453. The van der Waals surface area contributed by atoms with Crippen LogP contribution in [0, 0.1) is 0 Å². The SMILES string of the molecule is CC(=O)CC(C)N.Cl. The van der Waals surface area contributed by atoms with Crippen molar-refractivity contribution in [3.05, 3.63) is 0 Å². The van der Waals surface area contributed by atoms with Gasteiger partial charge in [0.1, 0.15) is 5.78 Å². The second-order valence-electron chi connectivity index (χ2n) is 1.88. The molecule has 0 saturated heterocycles. The number of halogens is 1. The normalized spacial score (nSPS) is 11.9. The highest BCUT2D eigenvalue weighted by Crippen LogP contribution is 1.84. The molecule has 0 aromatic rings. The zero-order valence-corrected chi connectivity index (χ0v) is 5.99. The van der Waals surface area contributed by atoms with E-state index in [1.807, 2.05) is 6.92 Å². The van der Waals surface area contributed by atoms with Crippen LogP contribution in [0.2, 0.25) is 0 Å². The number of hydrogen-bond donors (Lipinski definition) is 1. The highest BCUT2D eigenvalue weighted by molar-refractivity contribution is 5.85. The molecule has 0 aromatic carbocycles. The third kappa shape index (κ3) is 9.33. The molecule has 0 rings (SSSR count). The van der Waals surface area contributed by atoms with Crippen LogP contribution in [0.25, 0.3) is 0 Å². The Kier molecular flexibility index (Phi) is 6.85. The van der Waals surface area contributed by atoms with Crippen molar-refractivity contribution in [1.82, 2.24) is 0 Å². The molecule has 3 heteroatoms. The lowest BCUT2D eigenvalue weighted by atomic mass is 10.2. The molecule has 0 amide bonds. The average molecular weight is 138 g/mol. The Morgan fingerprint density at radius 3 is 2.12 bits per heavy atom. The zero-order chi connectivity index (χ0) is 5.86. The van der Waals surface area contributed by atoms with E-state index in [0.29, 0.717) is 6.42 Å². The zero-order valence-electron chi connectivity index (χ0n) is 5.18. The van der Waals surface area contributed by atoms with Crippen molar-refractivity contribution in [2.24, 2.45) is 5.73 Å². The van der Waals surface area contributed by atoms with E-state index in [1.165, 1.54) is 0 Å². The summed E-state index contributed by atoms with van der Waals surface area (Å²) in [6, 6.07) is 0.0255. The van der Waals surface area contributed by atoms with Crippen molar-refractivity contribution in [2.75, 3.05) is 0 Å². The maximum atomic E-state index is 10.2. The quantitative estimate of drug-likeness (QED) is 0.610. The number of Topliss-reactive ketones (excluding diaryl/α,β-unsaturated/α-hetero) is 1. The van der Waals surface area contributed by atoms with Crippen LogP contribution in [0.1, 0.15) is 20.3 Å². The minimum atomic E-state index is 0. The molecule has 1 atom stereocenters. The summed E-state index contributed by atoms with van der Waals surface area (Å²) in [5, 5.41) is 0. The van der Waals surface area contributed by atoms with Gasteiger partial charge in [0.15, 0.2) is 0 Å². The molecule has 0 spiro atoms. The average Bonchev–Trinajstić information content (AvgIpc) is 1.27. The molecule has 0 aliphatic carbocycles. The molecule has 50 valence electrons. The molecular formula is C5H12ClNO. The number of rotatable bonds is 2. The highest BCUT2D eigenvalue weighted by Gasteiger charge is 1.95. The Labute approximate surface area is 55.9 Å². The van der Waals surface area contributed by atoms with Gasteiger partial charge in [-0.15, -0.1) is 12.4 Å². The van der Waals surface area contributed by atoms with Gasteiger partial charge in [-0.2, -0.15) is 0 Å². The second-order valence-corrected chi connectivity index (χ2v) is 1.88. The Hall–Kier alpha value is -0.0800. The summed E-state index contributed by atoms with van der Waals surface area (Å²) in [7, 11) is 0. The van der Waals surface area contributed by atoms with E-state index in [4.69, 9.17) is 5.73 Å². The third-order valence-electron chi connectivity index (χ3n) is 0.609. The number of ketones is 1. The van der Waals surface area contributed by atoms with Crippen molar-refractivity contribution in [1.29, 1.82) is 0 Å². The van der Waals surface area contributed by atoms with Gasteiger partial charge >= 0.3 is 0 Å². The molecule has 0 aliphatic heterocycles. The van der Waals surface area contributed by atoms with E-state index < -0.39 is 0 Å². The van der Waals surface area contributed by atoms with Crippen molar-refractivity contribution in [3.63, 3.8) is 0 Å². The summed E-state index contributed by atoms with van der Waals surface area (Å²) in [6.45, 7) is 3.37. The predicted molar refractivity (Wildman–Crippen MR) is 36.2 cm³/mol. The Bertz CT molecular complexity index is 72.8. The van der Waals surface area contributed by atoms with Gasteiger partial charge in [0.2, 0.25) is 0 Å². The van der Waals surface area contributed by atoms with Crippen LogP contribution in [0.4, 0.5) is 0 Å². The van der Waals surface area contributed by atoms with Gasteiger partial charge in [0.05, 0.1) is 0 Å². The Morgan fingerprint density at radius 1 is 1.75 bits per heavy atom. The highest BCUT2D eigenvalue weighted by atomic mass is 35.5. The van der Waals surface area contributed by atoms with Gasteiger partial charge in [-0.3, -0.25) is 4.79 Å². The van der Waals surface area contributed by atoms with Crippen LogP contribution in [0.5, 0.6) is 0 Å². The molecule has 0 aliphatic rings. The number of nitrogens with two attached hydrogens (primary N) is 1. The summed E-state index contributed by atoms with van der Waals surface area (Å²) in [4.78, 5) is 10.2. The maximum Gasteiger partial charge on any atom is 0.131 e. The van der Waals surface area contributed by atoms with Gasteiger partial charge in [-0.05, 0) is 13.8 Å². The minimum absolute atomic E-state index is 0. The fourth-order valence-corrected chi connectivity index (χ4v) is 0.453. The fraction of sp³-hybridized carbons (Fsp3) is 0.800. The number of hydrogen-bond acceptors (Lipinski definition) is 2. The molecule has 0 radical (unpaired) electrons. The molecule has 0 heterocycles. The van der Waals surface area contributed by atoms with Gasteiger partial charge < -0.3 is 5.73 Å². The van der Waals surface area contributed by atoms with Crippen LogP contribution >= 0.6 is 12.4 Å². The minimum Gasteiger partial charge on any atom is -0.328 e. The van der Waals surface area contributed by atoms with E-state index in [2.05, 4.69) is 0 Å². The van der Waals surface area contributed by atoms with E-state index in [9.17, 15) is 4.79 Å². The van der Waals surface area contributed by atoms with Crippen LogP contribution in [0.15, 0.2) is 0 Å². The monoisotopic (exact) mass is 137 g/mol. The topological polar surface area (TPSA) is 43.1 Å². The molecule has 0 saturated carbocycles. The Morgan fingerprint density at radius 2 is 2.12 bits per heavy atom. The van der Waals surface area contributed by atoms with E-state index in [0.717, 1.165) is 0 Å². The molecular weight excluding hydrogens is 126 g/mol. The molecule has 2 N–H and O–H groups in total. The van der Waals surface area contributed by atoms with Gasteiger partial charge in [-0.25, -0.2) is 0 Å². The van der Waals surface area contributed by atoms with E-state index >= 15 is 0 Å². The first-order valence-corrected chi connectivity index (χ1v) is 2.38. The van der Waals surface area contributed by atoms with Crippen LogP contribution in [-0.2, 0) is 4.79 Å². The second kappa shape index (κ2) is 5.06. The van der Waals surface area contributed by atoms with Gasteiger partial charge in [-0.1, -0.05) is 0 Å². The third-order valence-corrected chi connectivity index (χ3v) is 0.609. The first-order chi connectivity index (χ1) is 3.13. The van der Waals surface area contributed by atoms with Gasteiger partial charge in [0, 0.05) is 12.5 Å². The van der Waals surface area contributed by atoms with Crippen LogP contribution in [-0.4, -0.2) is 11.8 Å². The van der Waals surface area contributed by atoms with Crippen LogP contribution < -0.4 is 5.73 Å². The summed E-state index contributed by atoms with van der Waals surface area (Å²) in [6.07, 6.45) is 0.500. The summed E-state index contributed by atoms with van der Waals surface area (Å²) < 4.78 is 0. The number of carbonyl (C=O) groups excluding carboxylic acids is 1. The molecule has 2 nitrogen and oxygen atoms in total. The standard InChI is InChI=1S/C5H11NO.ClH/c1-4(6)3-5(2)7;/h4H,3,6H2,1-2H3;1H. The van der Waals surface area contributed by atoms with E-state index in [1.54, 1.807) is 6.92 Å². The molecule has 8 heavy (non-hydrogen) atoms. The first kappa shape index (κ1) is 10.8. The predicted octanol–water partition coefficient (Wildman–Crippen LogP) is 0.734. The lowest BCUT2D eigenvalue weighted by Crippen LogP contribution is -2.17. The van der Waals surface area contributed by atoms with E-state index in [-0.39, 0.29) is 24.2 Å². The summed E-state index contributed by atoms with van der Waals surface area (Å²) in [5.74, 6) is 0.162. The van der Waals surface area contributed by atoms with Gasteiger partial charge in [0.25, 0.3) is 0 Å². The van der Waals surface area contributed by atoms with Crippen molar-refractivity contribution in [2.45, 2.75) is 26.3 Å². The Balaban J connectivity index is 0. The van der Waals surface area contributed by atoms with Crippen molar-refractivity contribution < 1.29 is 4.79 Å². The number of carbonyl (C=O) groups is 1. The summed E-state index contributed by atoms with van der Waals surface area (Å²) in [5.41, 5.74) is 5.27. The largest absolute Gasteiger partial charge is 0.328 e. The molecule has 0 bridgehead atoms. The molecule has 0 fully saturated rings. The lowest BCUT2D eigenvalue weighted by Gasteiger charge is -1.96. The first-order valence-electron chi connectivity index (χ1n) is 2.38. The smallest absolute Gasteiger partial charge is 0.131 e. The molecule has 0 aromatic heterocycles.